The highest BCUT2D eigenvalue weighted by atomic mass is 32.2. The van der Waals surface area contributed by atoms with Crippen LogP contribution >= 0.6 is 23.1 Å². The Morgan fingerprint density at radius 3 is 2.95 bits per heavy atom. The Bertz CT molecular complexity index is 553. The van der Waals surface area contributed by atoms with Crippen LogP contribution in [0.3, 0.4) is 0 Å². The van der Waals surface area contributed by atoms with E-state index in [4.69, 9.17) is 4.74 Å². The van der Waals surface area contributed by atoms with E-state index in [2.05, 4.69) is 5.32 Å². The summed E-state index contributed by atoms with van der Waals surface area (Å²) in [7, 11) is 1.60. The molecular weight excluding hydrogens is 278 g/mol. The van der Waals surface area contributed by atoms with Crippen LogP contribution in [0.5, 0.6) is 5.75 Å². The molecule has 100 valence electrons. The minimum absolute atomic E-state index is 0.0256. The first-order valence-corrected chi connectivity index (χ1v) is 7.66. The Hall–Kier alpha value is -1.46. The van der Waals surface area contributed by atoms with E-state index >= 15 is 0 Å². The van der Waals surface area contributed by atoms with Crippen LogP contribution in [0, 0.1) is 6.92 Å². The first-order chi connectivity index (χ1) is 9.19. The number of thiophene rings is 1. The standard InChI is InChI=1S/C14H15NO2S2/c1-10-5-6-12(17-2)11(8-10)15-13(16)9-19-14-4-3-7-18-14/h3-8H,9H2,1-2H3,(H,15,16). The maximum absolute atomic E-state index is 11.9. The highest BCUT2D eigenvalue weighted by Crippen LogP contribution is 2.27. The van der Waals surface area contributed by atoms with Gasteiger partial charge in [0.2, 0.25) is 5.91 Å². The highest BCUT2D eigenvalue weighted by molar-refractivity contribution is 8.01. The second-order valence-electron chi connectivity index (χ2n) is 3.97. The monoisotopic (exact) mass is 293 g/mol. The van der Waals surface area contributed by atoms with E-state index < -0.39 is 0 Å². The summed E-state index contributed by atoms with van der Waals surface area (Å²) in [5.41, 5.74) is 1.81. The first-order valence-electron chi connectivity index (χ1n) is 5.80. The number of benzene rings is 1. The summed E-state index contributed by atoms with van der Waals surface area (Å²) in [6, 6.07) is 9.71. The minimum atomic E-state index is -0.0256. The first kappa shape index (κ1) is 14.0. The van der Waals surface area contributed by atoms with Crippen LogP contribution in [-0.4, -0.2) is 18.8 Å². The lowest BCUT2D eigenvalue weighted by Crippen LogP contribution is -2.14. The summed E-state index contributed by atoms with van der Waals surface area (Å²) in [4.78, 5) is 11.9. The fourth-order valence-electron chi connectivity index (χ4n) is 1.59. The third-order valence-electron chi connectivity index (χ3n) is 2.47. The van der Waals surface area contributed by atoms with Crippen LogP contribution in [0.2, 0.25) is 0 Å². The van der Waals surface area contributed by atoms with E-state index in [1.54, 1.807) is 18.4 Å². The zero-order valence-corrected chi connectivity index (χ0v) is 12.4. The third kappa shape index (κ3) is 4.01. The molecule has 0 aliphatic heterocycles. The Morgan fingerprint density at radius 2 is 2.26 bits per heavy atom. The van der Waals surface area contributed by atoms with Gasteiger partial charge in [-0.15, -0.1) is 23.1 Å². The number of aryl methyl sites for hydroxylation is 1. The van der Waals surface area contributed by atoms with Crippen molar-refractivity contribution in [2.45, 2.75) is 11.1 Å². The van der Waals surface area contributed by atoms with Crippen molar-refractivity contribution >= 4 is 34.7 Å². The maximum Gasteiger partial charge on any atom is 0.234 e. The lowest BCUT2D eigenvalue weighted by atomic mass is 10.2. The van der Waals surface area contributed by atoms with E-state index in [1.165, 1.54) is 11.8 Å². The van der Waals surface area contributed by atoms with Gasteiger partial charge in [0.25, 0.3) is 0 Å². The molecule has 19 heavy (non-hydrogen) atoms. The summed E-state index contributed by atoms with van der Waals surface area (Å²) in [6.45, 7) is 1.98. The second kappa shape index (κ2) is 6.63. The molecule has 0 fully saturated rings. The van der Waals surface area contributed by atoms with E-state index in [1.807, 2.05) is 42.6 Å². The zero-order valence-electron chi connectivity index (χ0n) is 10.8. The van der Waals surface area contributed by atoms with Gasteiger partial charge in [0, 0.05) is 0 Å². The number of ether oxygens (including phenoxy) is 1. The van der Waals surface area contributed by atoms with Gasteiger partial charge in [-0.25, -0.2) is 0 Å². The molecule has 0 atom stereocenters. The van der Waals surface area contributed by atoms with Gasteiger partial charge in [-0.1, -0.05) is 12.1 Å². The number of anilines is 1. The van der Waals surface area contributed by atoms with Crippen molar-refractivity contribution in [2.24, 2.45) is 0 Å². The number of hydrogen-bond acceptors (Lipinski definition) is 4. The Labute approximate surface area is 121 Å². The molecule has 1 aromatic heterocycles. The van der Waals surface area contributed by atoms with Crippen molar-refractivity contribution in [3.8, 4) is 5.75 Å². The Kier molecular flexibility index (Phi) is 4.87. The van der Waals surface area contributed by atoms with E-state index in [0.29, 0.717) is 11.5 Å². The van der Waals surface area contributed by atoms with Crippen molar-refractivity contribution < 1.29 is 9.53 Å². The van der Waals surface area contributed by atoms with Crippen molar-refractivity contribution in [3.05, 3.63) is 41.3 Å². The summed E-state index contributed by atoms with van der Waals surface area (Å²) in [5, 5.41) is 4.89. The largest absolute Gasteiger partial charge is 0.495 e. The molecule has 0 bridgehead atoms. The minimum Gasteiger partial charge on any atom is -0.495 e. The number of amides is 1. The average Bonchev–Trinajstić information content (AvgIpc) is 2.90. The molecule has 0 radical (unpaired) electrons. The molecule has 1 aromatic carbocycles. The van der Waals surface area contributed by atoms with Crippen molar-refractivity contribution in [2.75, 3.05) is 18.2 Å². The SMILES string of the molecule is COc1ccc(C)cc1NC(=O)CSc1cccs1. The highest BCUT2D eigenvalue weighted by Gasteiger charge is 2.08. The van der Waals surface area contributed by atoms with Crippen molar-refractivity contribution in [3.63, 3.8) is 0 Å². The molecule has 2 aromatic rings. The number of hydrogen-bond donors (Lipinski definition) is 1. The van der Waals surface area contributed by atoms with Gasteiger partial charge < -0.3 is 10.1 Å². The summed E-state index contributed by atoms with van der Waals surface area (Å²) in [6.07, 6.45) is 0. The number of thioether (sulfide) groups is 1. The third-order valence-corrected chi connectivity index (χ3v) is 4.60. The van der Waals surface area contributed by atoms with Crippen LogP contribution in [0.1, 0.15) is 5.56 Å². The quantitative estimate of drug-likeness (QED) is 0.852. The van der Waals surface area contributed by atoms with Gasteiger partial charge in [0.15, 0.2) is 0 Å². The molecule has 0 aliphatic rings. The number of rotatable bonds is 5. The average molecular weight is 293 g/mol. The van der Waals surface area contributed by atoms with Crippen LogP contribution < -0.4 is 10.1 Å². The predicted octanol–water partition coefficient (Wildman–Crippen LogP) is 3.80. The number of carbonyl (C=O) groups excluding carboxylic acids is 1. The molecule has 0 saturated heterocycles. The molecule has 0 spiro atoms. The lowest BCUT2D eigenvalue weighted by molar-refractivity contribution is -0.113. The number of nitrogens with one attached hydrogen (secondary N) is 1. The molecule has 2 rings (SSSR count). The van der Waals surface area contributed by atoms with Crippen LogP contribution in [-0.2, 0) is 4.79 Å². The molecule has 1 heterocycles. The van der Waals surface area contributed by atoms with Gasteiger partial charge in [-0.3, -0.25) is 4.79 Å². The van der Waals surface area contributed by atoms with Gasteiger partial charge in [0.1, 0.15) is 5.75 Å². The molecule has 0 saturated carbocycles. The number of methoxy groups -OCH3 is 1. The normalized spacial score (nSPS) is 10.2. The number of carbonyl (C=O) groups is 1. The molecule has 1 N–H and O–H groups in total. The fourth-order valence-corrected chi connectivity index (χ4v) is 3.17. The molecule has 3 nitrogen and oxygen atoms in total. The van der Waals surface area contributed by atoms with E-state index in [9.17, 15) is 4.79 Å². The van der Waals surface area contributed by atoms with E-state index in [0.717, 1.165) is 15.5 Å². The van der Waals surface area contributed by atoms with Gasteiger partial charge in [-0.05, 0) is 36.1 Å². The van der Waals surface area contributed by atoms with Crippen molar-refractivity contribution in [1.29, 1.82) is 0 Å². The van der Waals surface area contributed by atoms with Gasteiger partial charge >= 0.3 is 0 Å². The van der Waals surface area contributed by atoms with Crippen molar-refractivity contribution in [1.82, 2.24) is 0 Å². The summed E-state index contributed by atoms with van der Waals surface area (Å²) < 4.78 is 6.38. The molecule has 1 amide bonds. The molecular formula is C14H15NO2S2. The fraction of sp³-hybridized carbons (Fsp3) is 0.214. The predicted molar refractivity (Wildman–Crippen MR) is 81.4 cm³/mol. The summed E-state index contributed by atoms with van der Waals surface area (Å²) >= 11 is 3.18. The smallest absolute Gasteiger partial charge is 0.234 e. The molecule has 5 heteroatoms. The second-order valence-corrected chi connectivity index (χ2v) is 6.20. The lowest BCUT2D eigenvalue weighted by Gasteiger charge is -2.10. The maximum atomic E-state index is 11.9. The molecule has 0 unspecified atom stereocenters. The van der Waals surface area contributed by atoms with E-state index in [-0.39, 0.29) is 5.91 Å². The van der Waals surface area contributed by atoms with Crippen LogP contribution in [0.4, 0.5) is 5.69 Å². The Balaban J connectivity index is 1.96. The van der Waals surface area contributed by atoms with Gasteiger partial charge in [-0.2, -0.15) is 0 Å². The Morgan fingerprint density at radius 1 is 1.42 bits per heavy atom. The topological polar surface area (TPSA) is 38.3 Å². The molecule has 0 aliphatic carbocycles. The van der Waals surface area contributed by atoms with Crippen LogP contribution in [0.15, 0.2) is 39.9 Å². The zero-order chi connectivity index (χ0) is 13.7. The summed E-state index contributed by atoms with van der Waals surface area (Å²) in [5.74, 6) is 1.06. The van der Waals surface area contributed by atoms with Gasteiger partial charge in [0.05, 0.1) is 22.8 Å². The van der Waals surface area contributed by atoms with Crippen LogP contribution in [0.25, 0.3) is 0 Å².